The second-order valence-corrected chi connectivity index (χ2v) is 5.14. The molecule has 0 bridgehead atoms. The summed E-state index contributed by atoms with van der Waals surface area (Å²) in [6.45, 7) is 9.31. The highest BCUT2D eigenvalue weighted by atomic mass is 16.5. The predicted octanol–water partition coefficient (Wildman–Crippen LogP) is 1.17. The summed E-state index contributed by atoms with van der Waals surface area (Å²) >= 11 is 0. The van der Waals surface area contributed by atoms with Crippen LogP contribution in [0.25, 0.3) is 0 Å². The molecule has 0 aromatic carbocycles. The molecule has 1 amide bonds. The zero-order valence-corrected chi connectivity index (χ0v) is 12.6. The van der Waals surface area contributed by atoms with Crippen molar-refractivity contribution in [2.24, 2.45) is 0 Å². The molecule has 7 nitrogen and oxygen atoms in total. The number of aromatic nitrogens is 2. The van der Waals surface area contributed by atoms with Crippen LogP contribution < -0.4 is 21.1 Å². The summed E-state index contributed by atoms with van der Waals surface area (Å²) in [4.78, 5) is 19.9. The maximum Gasteiger partial charge on any atom is 0.242 e. The maximum atomic E-state index is 11.8. The molecular weight excluding hydrogens is 258 g/mol. The number of hydrogen-bond donors (Lipinski definition) is 3. The van der Waals surface area contributed by atoms with Crippen LogP contribution in [0.15, 0.2) is 6.33 Å². The van der Waals surface area contributed by atoms with E-state index < -0.39 is 6.04 Å². The summed E-state index contributed by atoms with van der Waals surface area (Å²) in [6, 6.07) is -0.379. The summed E-state index contributed by atoms with van der Waals surface area (Å²) in [5.74, 6) is 0.584. The molecule has 0 aliphatic heterocycles. The van der Waals surface area contributed by atoms with Gasteiger partial charge in [-0.15, -0.1) is 0 Å². The Bertz CT molecular complexity index is 462. The first-order valence-electron chi connectivity index (χ1n) is 6.65. The van der Waals surface area contributed by atoms with Crippen molar-refractivity contribution in [2.45, 2.75) is 52.8 Å². The van der Waals surface area contributed by atoms with Gasteiger partial charge in [-0.25, -0.2) is 4.98 Å². The highest BCUT2D eigenvalue weighted by Gasteiger charge is 2.17. The van der Waals surface area contributed by atoms with Crippen molar-refractivity contribution < 1.29 is 9.53 Å². The normalized spacial score (nSPS) is 12.3. The molecule has 0 spiro atoms. The van der Waals surface area contributed by atoms with E-state index in [0.717, 1.165) is 0 Å². The van der Waals surface area contributed by atoms with E-state index in [9.17, 15) is 4.79 Å². The van der Waals surface area contributed by atoms with Crippen LogP contribution in [-0.2, 0) is 4.79 Å². The summed E-state index contributed by atoms with van der Waals surface area (Å²) in [5, 5.41) is 5.77. The lowest BCUT2D eigenvalue weighted by molar-refractivity contribution is -0.122. The number of amides is 1. The van der Waals surface area contributed by atoms with Gasteiger partial charge in [0.15, 0.2) is 5.82 Å². The fraction of sp³-hybridized carbons (Fsp3) is 0.615. The van der Waals surface area contributed by atoms with Crippen LogP contribution in [-0.4, -0.2) is 34.1 Å². The number of rotatable bonds is 6. The van der Waals surface area contributed by atoms with E-state index in [1.807, 2.05) is 27.7 Å². The molecule has 20 heavy (non-hydrogen) atoms. The SMILES string of the molecule is CC(C)NC(=O)C(C)Nc1ncnc(OC(C)C)c1N. The van der Waals surface area contributed by atoms with Gasteiger partial charge in [0.1, 0.15) is 18.1 Å². The lowest BCUT2D eigenvalue weighted by Crippen LogP contribution is -2.41. The minimum absolute atomic E-state index is 0.0401. The van der Waals surface area contributed by atoms with Crippen LogP contribution in [0.3, 0.4) is 0 Å². The second-order valence-electron chi connectivity index (χ2n) is 5.14. The average molecular weight is 281 g/mol. The molecule has 0 saturated heterocycles. The first kappa shape index (κ1) is 16.0. The lowest BCUT2D eigenvalue weighted by Gasteiger charge is -2.18. The molecule has 1 heterocycles. The average Bonchev–Trinajstić information content (AvgIpc) is 2.32. The standard InChI is InChI=1S/C13H23N5O2/c1-7(2)17-12(19)9(5)18-11-10(14)13(16-6-15-11)20-8(3)4/h6-9H,14H2,1-5H3,(H,17,19)(H,15,16,18). The molecule has 1 aromatic heterocycles. The van der Waals surface area contributed by atoms with Gasteiger partial charge in [0.2, 0.25) is 11.8 Å². The first-order valence-corrected chi connectivity index (χ1v) is 6.65. The van der Waals surface area contributed by atoms with Crippen molar-refractivity contribution >= 4 is 17.4 Å². The number of carbonyl (C=O) groups excluding carboxylic acids is 1. The van der Waals surface area contributed by atoms with Crippen molar-refractivity contribution in [1.29, 1.82) is 0 Å². The van der Waals surface area contributed by atoms with E-state index >= 15 is 0 Å². The van der Waals surface area contributed by atoms with E-state index in [4.69, 9.17) is 10.5 Å². The first-order chi connectivity index (χ1) is 9.31. The van der Waals surface area contributed by atoms with Gasteiger partial charge in [-0.05, 0) is 34.6 Å². The topological polar surface area (TPSA) is 102 Å². The summed E-state index contributed by atoms with van der Waals surface area (Å²) < 4.78 is 5.48. The Morgan fingerprint density at radius 3 is 2.45 bits per heavy atom. The number of nitrogen functional groups attached to an aromatic ring is 1. The van der Waals surface area contributed by atoms with Crippen LogP contribution in [0.1, 0.15) is 34.6 Å². The van der Waals surface area contributed by atoms with Crippen LogP contribution in [0.5, 0.6) is 5.88 Å². The lowest BCUT2D eigenvalue weighted by atomic mass is 10.2. The van der Waals surface area contributed by atoms with Gasteiger partial charge in [-0.2, -0.15) is 4.98 Å². The van der Waals surface area contributed by atoms with Gasteiger partial charge in [-0.3, -0.25) is 4.79 Å². The third kappa shape index (κ3) is 4.56. The number of nitrogens with zero attached hydrogens (tertiary/aromatic N) is 2. The molecule has 0 radical (unpaired) electrons. The second kappa shape index (κ2) is 6.93. The third-order valence-corrected chi connectivity index (χ3v) is 2.37. The van der Waals surface area contributed by atoms with Crippen molar-refractivity contribution in [2.75, 3.05) is 11.1 Å². The summed E-state index contributed by atoms with van der Waals surface area (Å²) in [5.41, 5.74) is 6.23. The molecule has 1 unspecified atom stereocenters. The molecule has 0 aliphatic rings. The van der Waals surface area contributed by atoms with Gasteiger partial charge in [-0.1, -0.05) is 0 Å². The van der Waals surface area contributed by atoms with Gasteiger partial charge in [0, 0.05) is 6.04 Å². The third-order valence-electron chi connectivity index (χ3n) is 2.37. The van der Waals surface area contributed by atoms with Gasteiger partial charge >= 0.3 is 0 Å². The Labute approximate surface area is 119 Å². The number of ether oxygens (including phenoxy) is 1. The number of hydrogen-bond acceptors (Lipinski definition) is 6. The fourth-order valence-corrected chi connectivity index (χ4v) is 1.49. The van der Waals surface area contributed by atoms with E-state index in [-0.39, 0.29) is 18.1 Å². The zero-order chi connectivity index (χ0) is 15.3. The number of nitrogens with one attached hydrogen (secondary N) is 2. The minimum atomic E-state index is -0.457. The monoisotopic (exact) mass is 281 g/mol. The highest BCUT2D eigenvalue weighted by Crippen LogP contribution is 2.25. The molecule has 4 N–H and O–H groups in total. The van der Waals surface area contributed by atoms with Gasteiger partial charge in [0.25, 0.3) is 0 Å². The van der Waals surface area contributed by atoms with Gasteiger partial charge < -0.3 is 21.1 Å². The molecule has 1 aromatic rings. The fourth-order valence-electron chi connectivity index (χ4n) is 1.49. The van der Waals surface area contributed by atoms with Crippen molar-refractivity contribution in [3.05, 3.63) is 6.33 Å². The largest absolute Gasteiger partial charge is 0.473 e. The zero-order valence-electron chi connectivity index (χ0n) is 12.6. The molecule has 112 valence electrons. The van der Waals surface area contributed by atoms with E-state index in [2.05, 4.69) is 20.6 Å². The molecule has 1 atom stereocenters. The molecule has 0 fully saturated rings. The van der Waals surface area contributed by atoms with Crippen LogP contribution in [0.2, 0.25) is 0 Å². The molecular formula is C13H23N5O2. The quantitative estimate of drug-likeness (QED) is 0.723. The minimum Gasteiger partial charge on any atom is -0.473 e. The van der Waals surface area contributed by atoms with E-state index in [0.29, 0.717) is 17.4 Å². The Kier molecular flexibility index (Phi) is 5.54. The van der Waals surface area contributed by atoms with E-state index in [1.54, 1.807) is 6.92 Å². The van der Waals surface area contributed by atoms with Gasteiger partial charge in [0.05, 0.1) is 6.10 Å². The Morgan fingerprint density at radius 1 is 1.25 bits per heavy atom. The summed E-state index contributed by atoms with van der Waals surface area (Å²) in [6.07, 6.45) is 1.31. The van der Waals surface area contributed by atoms with Crippen molar-refractivity contribution in [3.63, 3.8) is 0 Å². The van der Waals surface area contributed by atoms with Crippen molar-refractivity contribution in [3.8, 4) is 5.88 Å². The van der Waals surface area contributed by atoms with Crippen molar-refractivity contribution in [1.82, 2.24) is 15.3 Å². The molecule has 0 aliphatic carbocycles. The summed E-state index contributed by atoms with van der Waals surface area (Å²) in [7, 11) is 0. The van der Waals surface area contributed by atoms with Crippen LogP contribution >= 0.6 is 0 Å². The molecule has 1 rings (SSSR count). The Hall–Kier alpha value is -2.05. The van der Waals surface area contributed by atoms with E-state index in [1.165, 1.54) is 6.33 Å². The highest BCUT2D eigenvalue weighted by molar-refractivity contribution is 5.85. The smallest absolute Gasteiger partial charge is 0.242 e. The Morgan fingerprint density at radius 2 is 1.90 bits per heavy atom. The van der Waals surface area contributed by atoms with Crippen LogP contribution in [0.4, 0.5) is 11.5 Å². The predicted molar refractivity (Wildman–Crippen MR) is 78.6 cm³/mol. The number of carbonyl (C=O) groups is 1. The Balaban J connectivity index is 2.79. The van der Waals surface area contributed by atoms with Crippen LogP contribution in [0, 0.1) is 0 Å². The number of anilines is 2. The molecule has 0 saturated carbocycles. The maximum absolute atomic E-state index is 11.8. The number of nitrogens with two attached hydrogens (primary N) is 1. The molecule has 7 heteroatoms.